The second-order valence-electron chi connectivity index (χ2n) is 2.61. The maximum atomic E-state index is 5.77. The second kappa shape index (κ2) is 3.14. The first-order valence-electron chi connectivity index (χ1n) is 3.76. The summed E-state index contributed by atoms with van der Waals surface area (Å²) in [4.78, 5) is 5.59. The van der Waals surface area contributed by atoms with Gasteiger partial charge in [0.2, 0.25) is 0 Å². The van der Waals surface area contributed by atoms with Gasteiger partial charge >= 0.3 is 0 Å². The zero-order valence-corrected chi connectivity index (χ0v) is 7.73. The van der Waals surface area contributed by atoms with Crippen LogP contribution in [0.1, 0.15) is 5.56 Å². The van der Waals surface area contributed by atoms with Crippen LogP contribution < -0.4 is 0 Å². The molecule has 0 spiro atoms. The molecule has 0 saturated heterocycles. The average Bonchev–Trinajstić information content (AvgIpc) is 2.56. The lowest BCUT2D eigenvalue weighted by molar-refractivity contribution is 0.724. The normalized spacial score (nSPS) is 10.3. The number of aryl methyl sites for hydroxylation is 1. The van der Waals surface area contributed by atoms with Crippen molar-refractivity contribution in [3.8, 4) is 5.82 Å². The summed E-state index contributed by atoms with van der Waals surface area (Å²) in [5, 5.41) is 8.57. The van der Waals surface area contributed by atoms with E-state index in [2.05, 4.69) is 15.2 Å². The smallest absolute Gasteiger partial charge is 0.177 e. The van der Waals surface area contributed by atoms with Crippen molar-refractivity contribution in [3.05, 3.63) is 35.2 Å². The van der Waals surface area contributed by atoms with Gasteiger partial charge in [0, 0.05) is 6.20 Å². The average molecular weight is 195 g/mol. The summed E-state index contributed by atoms with van der Waals surface area (Å²) in [6.07, 6.45) is 4.79. The molecule has 0 saturated carbocycles. The summed E-state index contributed by atoms with van der Waals surface area (Å²) in [6.45, 7) is 1.91. The van der Waals surface area contributed by atoms with Gasteiger partial charge in [0.25, 0.3) is 0 Å². The summed E-state index contributed by atoms with van der Waals surface area (Å²) >= 11 is 5.77. The van der Waals surface area contributed by atoms with Crippen LogP contribution >= 0.6 is 11.6 Å². The Kier molecular flexibility index (Phi) is 1.98. The van der Waals surface area contributed by atoms with Crippen molar-refractivity contribution in [2.24, 2.45) is 0 Å². The molecule has 2 aromatic heterocycles. The fraction of sp³-hybridized carbons (Fsp3) is 0.125. The van der Waals surface area contributed by atoms with Crippen LogP contribution in [0.4, 0.5) is 0 Å². The molecule has 0 atom stereocenters. The molecule has 13 heavy (non-hydrogen) atoms. The highest BCUT2D eigenvalue weighted by Gasteiger charge is 2.03. The van der Waals surface area contributed by atoms with Crippen LogP contribution in [-0.4, -0.2) is 20.0 Å². The Bertz CT molecular complexity index is 410. The molecule has 0 bridgehead atoms. The third-order valence-corrected chi connectivity index (χ3v) is 1.83. The quantitative estimate of drug-likeness (QED) is 0.693. The van der Waals surface area contributed by atoms with E-state index in [9.17, 15) is 0 Å². The van der Waals surface area contributed by atoms with Gasteiger partial charge < -0.3 is 0 Å². The van der Waals surface area contributed by atoms with Crippen LogP contribution in [0.15, 0.2) is 24.7 Å². The molecule has 2 heterocycles. The fourth-order valence-corrected chi connectivity index (χ4v) is 1.28. The lowest BCUT2D eigenvalue weighted by Crippen LogP contribution is -2.03. The Morgan fingerprint density at radius 2 is 2.00 bits per heavy atom. The molecule has 0 aromatic carbocycles. The molecule has 2 rings (SSSR count). The van der Waals surface area contributed by atoms with Crippen LogP contribution in [0.3, 0.4) is 0 Å². The molecule has 0 aliphatic rings. The number of pyridine rings is 1. The summed E-state index contributed by atoms with van der Waals surface area (Å²) in [5.41, 5.74) is 0.948. The van der Waals surface area contributed by atoms with Crippen molar-refractivity contribution >= 4 is 11.6 Å². The summed E-state index contributed by atoms with van der Waals surface area (Å²) in [6, 6.07) is 1.83. The first kappa shape index (κ1) is 8.19. The van der Waals surface area contributed by atoms with Crippen molar-refractivity contribution in [2.45, 2.75) is 6.92 Å². The molecular weight excluding hydrogens is 188 g/mol. The minimum absolute atomic E-state index is 0.619. The zero-order chi connectivity index (χ0) is 9.26. The van der Waals surface area contributed by atoms with Gasteiger partial charge in [-0.3, -0.25) is 0 Å². The van der Waals surface area contributed by atoms with Crippen LogP contribution in [0.5, 0.6) is 0 Å². The van der Waals surface area contributed by atoms with Crippen molar-refractivity contribution in [1.82, 2.24) is 20.0 Å². The van der Waals surface area contributed by atoms with E-state index in [-0.39, 0.29) is 0 Å². The third kappa shape index (κ3) is 1.53. The minimum atomic E-state index is 0.619. The van der Waals surface area contributed by atoms with E-state index in [1.54, 1.807) is 18.6 Å². The van der Waals surface area contributed by atoms with Crippen LogP contribution in [0.2, 0.25) is 5.02 Å². The molecule has 5 heteroatoms. The Labute approximate surface area is 80.2 Å². The number of halogens is 1. The standard InChI is InChI=1S/C8H7ClN4/c1-6-4-7(9)5-10-8(6)13-11-2-3-12-13/h2-5H,1H3. The van der Waals surface area contributed by atoms with Gasteiger partial charge in [-0.25, -0.2) is 4.98 Å². The van der Waals surface area contributed by atoms with Gasteiger partial charge in [-0.1, -0.05) is 11.6 Å². The van der Waals surface area contributed by atoms with E-state index in [4.69, 9.17) is 11.6 Å². The maximum Gasteiger partial charge on any atom is 0.177 e. The number of hydrogen-bond donors (Lipinski definition) is 0. The van der Waals surface area contributed by atoms with Crippen molar-refractivity contribution < 1.29 is 0 Å². The van der Waals surface area contributed by atoms with E-state index in [0.717, 1.165) is 5.56 Å². The van der Waals surface area contributed by atoms with Gasteiger partial charge in [-0.2, -0.15) is 10.2 Å². The fourth-order valence-electron chi connectivity index (χ4n) is 1.07. The molecule has 0 N–H and O–H groups in total. The topological polar surface area (TPSA) is 43.6 Å². The van der Waals surface area contributed by atoms with Crippen LogP contribution in [0, 0.1) is 6.92 Å². The SMILES string of the molecule is Cc1cc(Cl)cnc1-n1nccn1. The zero-order valence-electron chi connectivity index (χ0n) is 6.98. The molecular formula is C8H7ClN4. The largest absolute Gasteiger partial charge is 0.234 e. The molecule has 0 aliphatic carbocycles. The Morgan fingerprint density at radius 1 is 1.31 bits per heavy atom. The monoisotopic (exact) mass is 194 g/mol. The highest BCUT2D eigenvalue weighted by molar-refractivity contribution is 6.30. The van der Waals surface area contributed by atoms with Gasteiger partial charge in [0.15, 0.2) is 5.82 Å². The molecule has 2 aromatic rings. The predicted octanol–water partition coefficient (Wildman–Crippen LogP) is 1.62. The minimum Gasteiger partial charge on any atom is -0.234 e. The lowest BCUT2D eigenvalue weighted by atomic mass is 10.3. The molecule has 0 fully saturated rings. The first-order chi connectivity index (χ1) is 6.27. The van der Waals surface area contributed by atoms with E-state index < -0.39 is 0 Å². The van der Waals surface area contributed by atoms with Crippen molar-refractivity contribution in [3.63, 3.8) is 0 Å². The van der Waals surface area contributed by atoms with E-state index in [1.165, 1.54) is 4.80 Å². The van der Waals surface area contributed by atoms with E-state index >= 15 is 0 Å². The van der Waals surface area contributed by atoms with Crippen LogP contribution in [0.25, 0.3) is 5.82 Å². The van der Waals surface area contributed by atoms with Gasteiger partial charge in [-0.05, 0) is 18.6 Å². The van der Waals surface area contributed by atoms with Gasteiger partial charge in [0.1, 0.15) is 0 Å². The molecule has 0 unspecified atom stereocenters. The Hall–Kier alpha value is -1.42. The van der Waals surface area contributed by atoms with Crippen molar-refractivity contribution in [1.29, 1.82) is 0 Å². The number of nitrogens with zero attached hydrogens (tertiary/aromatic N) is 4. The van der Waals surface area contributed by atoms with Gasteiger partial charge in [-0.15, -0.1) is 4.80 Å². The summed E-state index contributed by atoms with van der Waals surface area (Å²) in [7, 11) is 0. The summed E-state index contributed by atoms with van der Waals surface area (Å²) in [5.74, 6) is 0.703. The van der Waals surface area contributed by atoms with E-state index in [1.807, 2.05) is 13.0 Å². The van der Waals surface area contributed by atoms with Gasteiger partial charge in [0.05, 0.1) is 17.4 Å². The maximum absolute atomic E-state index is 5.77. The van der Waals surface area contributed by atoms with Crippen LogP contribution in [-0.2, 0) is 0 Å². The second-order valence-corrected chi connectivity index (χ2v) is 3.05. The Morgan fingerprint density at radius 3 is 2.62 bits per heavy atom. The number of aromatic nitrogens is 4. The first-order valence-corrected chi connectivity index (χ1v) is 4.14. The highest BCUT2D eigenvalue weighted by Crippen LogP contribution is 2.13. The molecule has 0 amide bonds. The molecule has 4 nitrogen and oxygen atoms in total. The third-order valence-electron chi connectivity index (χ3n) is 1.63. The lowest BCUT2D eigenvalue weighted by Gasteiger charge is -2.02. The van der Waals surface area contributed by atoms with E-state index in [0.29, 0.717) is 10.8 Å². The number of hydrogen-bond acceptors (Lipinski definition) is 3. The Balaban J connectivity index is 2.53. The molecule has 66 valence electrons. The molecule has 0 aliphatic heterocycles. The number of rotatable bonds is 1. The predicted molar refractivity (Wildman–Crippen MR) is 48.9 cm³/mol. The molecule has 0 radical (unpaired) electrons. The highest BCUT2D eigenvalue weighted by atomic mass is 35.5. The summed E-state index contributed by atoms with van der Waals surface area (Å²) < 4.78 is 0. The van der Waals surface area contributed by atoms with Crippen molar-refractivity contribution in [2.75, 3.05) is 0 Å².